The molecule has 1 aromatic carbocycles. The highest BCUT2D eigenvalue weighted by Gasteiger charge is 2.57. The second kappa shape index (κ2) is 10.3. The highest BCUT2D eigenvalue weighted by molar-refractivity contribution is 7.98. The first-order chi connectivity index (χ1) is 18.3. The van der Waals surface area contributed by atoms with Gasteiger partial charge in [-0.05, 0) is 36.9 Å². The molecule has 39 heavy (non-hydrogen) atoms. The van der Waals surface area contributed by atoms with Gasteiger partial charge in [-0.25, -0.2) is 13.1 Å². The minimum atomic E-state index is -5.29. The third-order valence-corrected chi connectivity index (χ3v) is 12.9. The van der Waals surface area contributed by atoms with Gasteiger partial charge in [0.1, 0.15) is 24.1 Å². The number of rotatable bonds is 8. The molecule has 212 valence electrons. The maximum absolute atomic E-state index is 13.5. The number of aliphatic hydroxyl groups excluding tert-OH is 2. The maximum Gasteiger partial charge on any atom is 0.350 e. The molecule has 0 spiro atoms. The topological polar surface area (TPSA) is 197 Å². The maximum atomic E-state index is 13.5. The molecule has 5 atom stereocenters. The lowest BCUT2D eigenvalue weighted by Crippen LogP contribution is -2.42. The molecule has 3 heterocycles. The van der Waals surface area contributed by atoms with Crippen molar-refractivity contribution < 1.29 is 37.7 Å². The van der Waals surface area contributed by atoms with Crippen molar-refractivity contribution in [2.24, 2.45) is 0 Å². The van der Waals surface area contributed by atoms with Gasteiger partial charge in [0, 0.05) is 6.04 Å². The predicted octanol–water partition coefficient (Wildman–Crippen LogP) is 1.92. The molecule has 1 saturated heterocycles. The van der Waals surface area contributed by atoms with E-state index in [4.69, 9.17) is 16.3 Å². The third-order valence-electron chi connectivity index (χ3n) is 7.56. The Kier molecular flexibility index (Phi) is 7.53. The van der Waals surface area contributed by atoms with Crippen molar-refractivity contribution in [1.29, 1.82) is 0 Å². The number of sulfone groups is 1. The zero-order chi connectivity index (χ0) is 28.2. The summed E-state index contributed by atoms with van der Waals surface area (Å²) in [4.78, 5) is 28.7. The van der Waals surface area contributed by atoms with Gasteiger partial charge in [-0.3, -0.25) is 4.57 Å². The lowest BCUT2D eigenvalue weighted by atomic mass is 10.1. The Balaban J connectivity index is 1.45. The smallest absolute Gasteiger partial charge is 0.350 e. The van der Waals surface area contributed by atoms with Gasteiger partial charge in [0.05, 0.1) is 17.3 Å². The number of halogens is 1. The van der Waals surface area contributed by atoms with Gasteiger partial charge in [-0.15, -0.1) is 0 Å². The quantitative estimate of drug-likeness (QED) is 0.186. The van der Waals surface area contributed by atoms with Crippen LogP contribution in [0.25, 0.3) is 11.0 Å². The normalized spacial score (nSPS) is 26.2. The summed E-state index contributed by atoms with van der Waals surface area (Å²) in [5.41, 5.74) is 0.0780. The van der Waals surface area contributed by atoms with Crippen LogP contribution in [0, 0.1) is 0 Å². The molecule has 1 saturated carbocycles. The molecule has 0 unspecified atom stereocenters. The van der Waals surface area contributed by atoms with E-state index < -0.39 is 52.2 Å². The molecule has 2 aliphatic rings. The van der Waals surface area contributed by atoms with Crippen LogP contribution in [0.1, 0.15) is 44.4 Å². The third kappa shape index (κ3) is 4.97. The van der Waals surface area contributed by atoms with Crippen LogP contribution in [-0.4, -0.2) is 78.3 Å². The SMILES string of the molecule is C[C@](c1ccccc1)(P(=O)(O)O)S(=O)(=O)C[C@H]1O[C@@H](n2ncc3c(NC4CCCC4)nc(Cl)nc32)[C@H](O)[C@@H]1O. The summed E-state index contributed by atoms with van der Waals surface area (Å²) in [6.07, 6.45) is -0.654. The lowest BCUT2D eigenvalue weighted by molar-refractivity contribution is -0.0365. The fraction of sp³-hybridized carbons (Fsp3) is 0.522. The van der Waals surface area contributed by atoms with Crippen LogP contribution in [0.3, 0.4) is 0 Å². The average molecular weight is 602 g/mol. The second-order valence-corrected chi connectivity index (χ2v) is 15.0. The number of benzene rings is 1. The van der Waals surface area contributed by atoms with Gasteiger partial charge in [-0.2, -0.15) is 15.1 Å². The molecule has 3 aromatic rings. The Morgan fingerprint density at radius 2 is 1.82 bits per heavy atom. The summed E-state index contributed by atoms with van der Waals surface area (Å²) < 4.78 is 43.9. The van der Waals surface area contributed by atoms with Gasteiger partial charge < -0.3 is 30.1 Å². The number of nitrogens with zero attached hydrogens (tertiary/aromatic N) is 4. The van der Waals surface area contributed by atoms with Crippen LogP contribution in [0.5, 0.6) is 0 Å². The Hall–Kier alpha value is -2.16. The minimum Gasteiger partial charge on any atom is -0.387 e. The van der Waals surface area contributed by atoms with Crippen molar-refractivity contribution in [3.63, 3.8) is 0 Å². The van der Waals surface area contributed by atoms with E-state index in [0.29, 0.717) is 11.2 Å². The highest BCUT2D eigenvalue weighted by Crippen LogP contribution is 2.60. The summed E-state index contributed by atoms with van der Waals surface area (Å²) >= 11 is 6.17. The number of ether oxygens (including phenoxy) is 1. The van der Waals surface area contributed by atoms with Gasteiger partial charge >= 0.3 is 7.60 Å². The number of aromatic nitrogens is 4. The van der Waals surface area contributed by atoms with E-state index >= 15 is 0 Å². The number of fused-ring (bicyclic) bond motifs is 1. The van der Waals surface area contributed by atoms with E-state index in [9.17, 15) is 33.0 Å². The number of aliphatic hydroxyl groups is 2. The Morgan fingerprint density at radius 3 is 2.46 bits per heavy atom. The van der Waals surface area contributed by atoms with Crippen LogP contribution < -0.4 is 5.32 Å². The molecule has 13 nitrogen and oxygen atoms in total. The van der Waals surface area contributed by atoms with Gasteiger partial charge in [0.2, 0.25) is 5.28 Å². The van der Waals surface area contributed by atoms with Crippen molar-refractivity contribution >= 4 is 45.9 Å². The van der Waals surface area contributed by atoms with Gasteiger partial charge in [0.25, 0.3) is 0 Å². The van der Waals surface area contributed by atoms with Crippen LogP contribution >= 0.6 is 19.2 Å². The molecule has 2 fully saturated rings. The van der Waals surface area contributed by atoms with Crippen LogP contribution in [0.15, 0.2) is 36.5 Å². The van der Waals surface area contributed by atoms with E-state index in [2.05, 4.69) is 20.4 Å². The van der Waals surface area contributed by atoms with Crippen molar-refractivity contribution in [1.82, 2.24) is 19.7 Å². The van der Waals surface area contributed by atoms with Crippen LogP contribution in [0.4, 0.5) is 5.82 Å². The number of hydrogen-bond donors (Lipinski definition) is 5. The largest absolute Gasteiger partial charge is 0.387 e. The van der Waals surface area contributed by atoms with Crippen LogP contribution in [0.2, 0.25) is 5.28 Å². The second-order valence-electron chi connectivity index (χ2n) is 10.0. The molecule has 0 radical (unpaired) electrons. The Labute approximate surface area is 229 Å². The molecular weight excluding hydrogens is 573 g/mol. The van der Waals surface area contributed by atoms with Gasteiger partial charge in [-0.1, -0.05) is 43.2 Å². The van der Waals surface area contributed by atoms with E-state index in [-0.39, 0.29) is 22.5 Å². The monoisotopic (exact) mass is 601 g/mol. The first-order valence-corrected chi connectivity index (χ1v) is 16.0. The predicted molar refractivity (Wildman–Crippen MR) is 142 cm³/mol. The Morgan fingerprint density at radius 1 is 1.15 bits per heavy atom. The zero-order valence-corrected chi connectivity index (χ0v) is 23.3. The molecule has 1 aliphatic carbocycles. The van der Waals surface area contributed by atoms with Crippen molar-refractivity contribution in [2.75, 3.05) is 11.1 Å². The van der Waals surface area contributed by atoms with Crippen molar-refractivity contribution in [3.05, 3.63) is 47.4 Å². The minimum absolute atomic E-state index is 0.0859. The molecule has 0 bridgehead atoms. The molecule has 1 aliphatic heterocycles. The number of hydrogen-bond acceptors (Lipinski definition) is 10. The van der Waals surface area contributed by atoms with E-state index in [0.717, 1.165) is 32.6 Å². The number of anilines is 1. The van der Waals surface area contributed by atoms with Gasteiger partial charge in [0.15, 0.2) is 26.2 Å². The molecular formula is C23H29ClN5O8PS. The first kappa shape index (κ1) is 28.4. The van der Waals surface area contributed by atoms with E-state index in [1.807, 2.05) is 0 Å². The zero-order valence-electron chi connectivity index (χ0n) is 20.8. The molecule has 5 N–H and O–H groups in total. The van der Waals surface area contributed by atoms with E-state index in [1.54, 1.807) is 6.07 Å². The van der Waals surface area contributed by atoms with Crippen molar-refractivity contribution in [3.8, 4) is 0 Å². The Bertz CT molecular complexity index is 1510. The van der Waals surface area contributed by atoms with Crippen molar-refractivity contribution in [2.45, 2.75) is 67.7 Å². The number of nitrogens with one attached hydrogen (secondary N) is 1. The van der Waals surface area contributed by atoms with Crippen LogP contribution in [-0.2, 0) is 23.6 Å². The summed E-state index contributed by atoms with van der Waals surface area (Å²) in [5, 5.41) is 29.6. The van der Waals surface area contributed by atoms with E-state index in [1.165, 1.54) is 35.1 Å². The molecule has 16 heteroatoms. The molecule has 0 amide bonds. The molecule has 5 rings (SSSR count). The summed E-state index contributed by atoms with van der Waals surface area (Å²) in [5.74, 6) is -0.530. The average Bonchev–Trinajstić information content (AvgIpc) is 3.60. The summed E-state index contributed by atoms with van der Waals surface area (Å²) in [7, 11) is -9.97. The summed E-state index contributed by atoms with van der Waals surface area (Å²) in [6, 6.07) is 7.32. The summed E-state index contributed by atoms with van der Waals surface area (Å²) in [6.45, 7) is 0.937. The highest BCUT2D eigenvalue weighted by atomic mass is 35.5. The standard InChI is InChI=1S/C23H29ClN5O8PS/c1-23(38(32,33)34,13-7-3-2-4-8-13)39(35,36)12-16-17(30)18(31)21(37-16)29-20-15(11-25-29)19(27-22(24)28-20)26-14-9-5-6-10-14/h2-4,7-8,11,14,16-18,21,30-31H,5-6,9-10,12H2,1H3,(H,26,27,28)(H2,32,33,34)/t16-,17-,18-,21-,23+/m1/s1. The molecule has 2 aromatic heterocycles. The fourth-order valence-electron chi connectivity index (χ4n) is 5.18. The fourth-order valence-corrected chi connectivity index (χ4v) is 9.03. The lowest BCUT2D eigenvalue weighted by Gasteiger charge is -2.31. The first-order valence-electron chi connectivity index (χ1n) is 12.4.